The quantitative estimate of drug-likeness (QED) is 0.0437. The summed E-state index contributed by atoms with van der Waals surface area (Å²) >= 11 is 0. The first-order chi connectivity index (χ1) is 65.0. The lowest BCUT2D eigenvalue weighted by Gasteiger charge is -2.61. The highest BCUT2D eigenvalue weighted by atomic mass is 16.8. The van der Waals surface area contributed by atoms with Gasteiger partial charge in [0.15, 0.2) is 50.3 Å². The van der Waals surface area contributed by atoms with Gasteiger partial charge in [0.2, 0.25) is 5.91 Å². The van der Waals surface area contributed by atoms with Gasteiger partial charge in [-0.25, -0.2) is 0 Å². The summed E-state index contributed by atoms with van der Waals surface area (Å²) in [7, 11) is 0. The number of carbonyl (C=O) groups excluding carboxylic acids is 1. The Labute approximate surface area is 781 Å². The molecule has 0 spiro atoms. The van der Waals surface area contributed by atoms with Crippen molar-refractivity contribution in [3.8, 4) is 0 Å². The first-order valence-corrected chi connectivity index (χ1v) is 47.5. The molecule has 30 saturated heterocycles. The number of aryl methyl sites for hydroxylation is 1. The normalized spacial score (nSPS) is 47.7. The summed E-state index contributed by atoms with van der Waals surface area (Å²) < 4.78 is 93.5. The van der Waals surface area contributed by atoms with Gasteiger partial charge in [-0.3, -0.25) is 9.59 Å². The molecule has 4 aromatic rings. The summed E-state index contributed by atoms with van der Waals surface area (Å²) in [4.78, 5) is 25.0. The number of nitrogens with one attached hydrogen (secondary N) is 1. The summed E-state index contributed by atoms with van der Waals surface area (Å²) in [5.74, 6) is 3.33. The van der Waals surface area contributed by atoms with Crippen molar-refractivity contribution in [2.24, 2.45) is 46.3 Å². The zero-order valence-electron chi connectivity index (χ0n) is 75.4. The van der Waals surface area contributed by atoms with Gasteiger partial charge in [-0.2, -0.15) is 0 Å². The minimum Gasteiger partial charge on any atom is -0.481 e. The SMILES string of the molecule is CC(CCC(=O)O)[C@H]1CCC2C3CC[C@@H]4C[C@H](O)CC[C@]4(C)C3CC[C@@]21C.O=C(CCCc1ccc2ccc3cccc4ccc1c2c34)NC[C@H]1O[C@@H]2O[C@H]3[C@H](O)[C@@H](O)[C@@H](O[C@H]4[C@H](O)[C@@H](O)[C@@H](O[C@H]5[C@H](O)[C@@H](O)[C@@H](O[C@H]6[C@H](O)[C@@H](O)[C@@H](O[C@H]7[C@H](O)[C@@H](O)[C@@H](O[C@H]8[C@H](O)[C@@H](O)[C@@H](O[C@H]9[C@H](O)[C@@H](O)[C@@H](O[C@H]1[C@H](O)[C@H]2O)O[C@@H]9CO)O[C@@H]8CO)O[C@@H]7CO)O[C@@H]6CO)O[C@@H]5CO)O[C@@H]4CO)O[C@@H]3CO. The Hall–Kier alpha value is -4.74. The fraction of sp³-hybridized carbons (Fsp3) is 0.804. The Morgan fingerprint density at radius 2 is 0.684 bits per heavy atom. The molecular weight excluding hydrogens is 1810 g/mol. The zero-order chi connectivity index (χ0) is 97.3. The van der Waals surface area contributed by atoms with Crippen molar-refractivity contribution in [2.45, 2.75) is 362 Å². The molecule has 44 heteroatoms. The number of rotatable bonds is 17. The topological polar surface area (TPSA) is 700 Å². The van der Waals surface area contributed by atoms with Crippen molar-refractivity contribution in [1.82, 2.24) is 5.32 Å². The fourth-order valence-corrected chi connectivity index (χ4v) is 24.4. The number of benzene rings is 4. The van der Waals surface area contributed by atoms with Crippen LogP contribution in [0.2, 0.25) is 0 Å². The first-order valence-electron chi connectivity index (χ1n) is 47.5. The fourth-order valence-electron chi connectivity index (χ4n) is 24.4. The van der Waals surface area contributed by atoms with Crippen LogP contribution in [0.5, 0.6) is 0 Å². The van der Waals surface area contributed by atoms with Crippen LogP contribution in [0.4, 0.5) is 0 Å². The third-order valence-electron chi connectivity index (χ3n) is 31.9. The molecule has 1 amide bonds. The van der Waals surface area contributed by atoms with Gasteiger partial charge in [0, 0.05) is 19.4 Å². The Bertz CT molecular complexity index is 4520. The highest BCUT2D eigenvalue weighted by Crippen LogP contribution is 2.69. The molecule has 4 aromatic carbocycles. The molecule has 26 N–H and O–H groups in total. The van der Waals surface area contributed by atoms with Crippen molar-refractivity contribution in [3.05, 3.63) is 60.2 Å². The van der Waals surface area contributed by atoms with Crippen LogP contribution in [0.15, 0.2) is 54.6 Å². The monoisotopic (exact) mass is 1940 g/mol. The van der Waals surface area contributed by atoms with Crippen molar-refractivity contribution < 1.29 is 213 Å². The van der Waals surface area contributed by atoms with Gasteiger partial charge in [0.25, 0.3) is 0 Å². The number of ether oxygens (including phenoxy) is 16. The predicted molar refractivity (Wildman–Crippen MR) is 457 cm³/mol. The van der Waals surface area contributed by atoms with E-state index in [9.17, 15) is 132 Å². The molecule has 4 saturated carbocycles. The van der Waals surface area contributed by atoms with E-state index in [0.717, 1.165) is 80.8 Å². The predicted octanol–water partition coefficient (Wildman–Crippen LogP) is -6.86. The lowest BCUT2D eigenvalue weighted by molar-refractivity contribution is -0.403. The second-order valence-electron chi connectivity index (χ2n) is 39.7. The third-order valence-corrected chi connectivity index (χ3v) is 31.9. The lowest BCUT2D eigenvalue weighted by atomic mass is 9.44. The van der Waals surface area contributed by atoms with Crippen LogP contribution in [-0.4, -0.2) is 444 Å². The molecule has 0 radical (unpaired) electrons. The molecule has 38 rings (SSSR count). The number of carboxylic acids is 1. The first kappa shape index (κ1) is 104. The van der Waals surface area contributed by atoms with Crippen molar-refractivity contribution in [3.63, 3.8) is 0 Å². The summed E-state index contributed by atoms with van der Waals surface area (Å²) in [6, 6.07) is 18.1. The number of carbonyl (C=O) groups is 2. The number of hydrogen-bond donors (Lipinski definition) is 26. The lowest BCUT2D eigenvalue weighted by Crippen LogP contribution is -2.69. The number of aliphatic carboxylic acids is 1. The van der Waals surface area contributed by atoms with E-state index < -0.39 is 310 Å². The second-order valence-corrected chi connectivity index (χ2v) is 39.7. The molecule has 34 aliphatic rings. The number of carboxylic acid groups (broad SMARTS) is 1. The number of aliphatic hydroxyl groups is 24. The van der Waals surface area contributed by atoms with Crippen molar-refractivity contribution in [1.29, 1.82) is 0 Å². The van der Waals surface area contributed by atoms with Crippen LogP contribution >= 0.6 is 0 Å². The van der Waals surface area contributed by atoms with E-state index >= 15 is 0 Å². The molecule has 34 fully saturated rings. The summed E-state index contributed by atoms with van der Waals surface area (Å²) in [6.07, 6.45) is -69.9. The van der Waals surface area contributed by atoms with E-state index in [1.165, 1.54) is 44.9 Å². The van der Waals surface area contributed by atoms with Gasteiger partial charge < -0.3 is 209 Å². The Morgan fingerprint density at radius 1 is 0.360 bits per heavy atom. The number of hydrogen-bond acceptors (Lipinski definition) is 42. The summed E-state index contributed by atoms with van der Waals surface area (Å²) in [5.41, 5.74) is 1.83. The maximum Gasteiger partial charge on any atom is 0.303 e. The maximum atomic E-state index is 13.9. The smallest absolute Gasteiger partial charge is 0.303 e. The molecule has 44 nitrogen and oxygen atoms in total. The van der Waals surface area contributed by atoms with Gasteiger partial charge in [-0.15, -0.1) is 0 Å². The Balaban J connectivity index is 0.000000423. The van der Waals surface area contributed by atoms with E-state index in [1.807, 2.05) is 54.6 Å². The number of aliphatic hydroxyl groups excluding tert-OH is 24. The average Bonchev–Trinajstić information content (AvgIpc) is 1.52. The van der Waals surface area contributed by atoms with E-state index in [1.54, 1.807) is 0 Å². The second kappa shape index (κ2) is 43.7. The molecule has 30 aliphatic heterocycles. The largest absolute Gasteiger partial charge is 0.481 e. The van der Waals surface area contributed by atoms with E-state index in [2.05, 4.69) is 26.1 Å². The summed E-state index contributed by atoms with van der Waals surface area (Å²) in [6.45, 7) is -0.860. The Morgan fingerprint density at radius 3 is 1.04 bits per heavy atom. The highest BCUT2D eigenvalue weighted by Gasteiger charge is 2.64. The third kappa shape index (κ3) is 20.2. The van der Waals surface area contributed by atoms with Gasteiger partial charge in [-0.1, -0.05) is 75.4 Å². The van der Waals surface area contributed by atoms with Gasteiger partial charge in [0.1, 0.15) is 195 Å². The molecular formula is C92H135NO43. The number of fused-ring (bicyclic) bond motifs is 5. The molecule has 4 aliphatic carbocycles. The van der Waals surface area contributed by atoms with Crippen LogP contribution in [0.3, 0.4) is 0 Å². The van der Waals surface area contributed by atoms with Crippen LogP contribution in [0.1, 0.15) is 110 Å². The molecule has 0 aromatic heterocycles. The molecule has 30 heterocycles. The average molecular weight is 1940 g/mol. The van der Waals surface area contributed by atoms with Gasteiger partial charge >= 0.3 is 5.97 Å². The van der Waals surface area contributed by atoms with Crippen molar-refractivity contribution in [2.75, 3.05) is 52.8 Å². The van der Waals surface area contributed by atoms with E-state index in [-0.39, 0.29) is 12.5 Å². The van der Waals surface area contributed by atoms with Crippen LogP contribution in [0, 0.1) is 46.3 Å². The van der Waals surface area contributed by atoms with Gasteiger partial charge in [0.05, 0.1) is 52.4 Å². The van der Waals surface area contributed by atoms with Crippen molar-refractivity contribution >= 4 is 44.2 Å². The van der Waals surface area contributed by atoms with Crippen LogP contribution in [-0.2, 0) is 91.8 Å². The molecule has 49 atom stereocenters. The molecule has 4 unspecified atom stereocenters. The summed E-state index contributed by atoms with van der Waals surface area (Å²) in [5, 5.41) is 289. The molecule has 766 valence electrons. The molecule has 16 bridgehead atoms. The zero-order valence-corrected chi connectivity index (χ0v) is 75.4. The highest BCUT2D eigenvalue weighted by molar-refractivity contribution is 6.23. The maximum absolute atomic E-state index is 13.9. The van der Waals surface area contributed by atoms with E-state index in [0.29, 0.717) is 41.9 Å². The molecule has 136 heavy (non-hydrogen) atoms. The Kier molecular flexibility index (Phi) is 33.4. The minimum absolute atomic E-state index is 0.0561. The standard InChI is InChI=1S/C68H95NO40.C24H40O3/c70-14-27-54-39(80)47(88)63(96-27)105-56-29(16-72)98-65(49(90)41(56)82)107-58-31(18-74)100-67(51(92)43(58)84)109-60-33(20-76)101-68(52(93)44(60)85)108-59-32(19-75)99-66(50(91)42(59)83)106-57-30(17-73)97-64(48(89)40(57)81)104-55-28(15-71)95-62(46(87)38(55)79)102-53-26(94-61(103-54)45(86)37(53)78)13-69-34(77)6-2-3-21-7-8-24-10-9-22-4-1-5-23-11-12-25(21)36(24)35(22)23;1-15(4-9-22(26)27)19-7-8-20-18-6-5-16-14-17(25)10-12-23(16,2)21(18)11-13-24(19,20)3/h1,4-5,7-12,26-33,37-68,70-76,78-93H,2-3,6,13-20H2,(H,69,77);15-21,25H,4-14H2,1-3H3,(H,26,27)/t26-,27-,28-,29-,30-,31-,32-,33-,37-,38-,39-,40-,41-,42-,43-,44-,45-,46-,47-,48-,49-,50-,51-,52-,53-,54-,55-,56-,57-,58-,59-,60-,61-,62-,63-,64-,65-,66-,67-,68-;15?,16-,17-,18?,19-,20?,21?,23+,24-/m11/s1. The number of amides is 1. The van der Waals surface area contributed by atoms with E-state index in [4.69, 9.17) is 80.9 Å². The minimum atomic E-state index is -2.30. The van der Waals surface area contributed by atoms with Crippen LogP contribution in [0.25, 0.3) is 32.3 Å². The van der Waals surface area contributed by atoms with Crippen LogP contribution < -0.4 is 5.32 Å². The van der Waals surface area contributed by atoms with Gasteiger partial charge in [-0.05, 0) is 161 Å².